The van der Waals surface area contributed by atoms with Crippen molar-refractivity contribution < 1.29 is 19.2 Å². The summed E-state index contributed by atoms with van der Waals surface area (Å²) in [5.74, 6) is -1.21. The molecule has 0 saturated heterocycles. The van der Waals surface area contributed by atoms with Gasteiger partial charge in [0.1, 0.15) is 13.0 Å². The molecule has 7 heteroatoms. The van der Waals surface area contributed by atoms with Crippen molar-refractivity contribution >= 4 is 35.1 Å². The number of carbonyl (C=O) groups excluding carboxylic acids is 2. The van der Waals surface area contributed by atoms with E-state index in [0.717, 1.165) is 6.08 Å². The van der Waals surface area contributed by atoms with Crippen molar-refractivity contribution in [1.82, 2.24) is 0 Å². The van der Waals surface area contributed by atoms with E-state index in [1.807, 2.05) is 0 Å². The minimum atomic E-state index is -0.697. The van der Waals surface area contributed by atoms with Gasteiger partial charge in [-0.15, -0.1) is 0 Å². The van der Waals surface area contributed by atoms with Gasteiger partial charge in [0.25, 0.3) is 5.69 Å². The SMILES string of the molecule is O=C(C=Cc1ccccc1[N+](=O)[O-])CC(=O)OCc1ccccc1Cl. The molecule has 6 nitrogen and oxygen atoms in total. The zero-order chi connectivity index (χ0) is 18.2. The Hall–Kier alpha value is -2.99. The number of ketones is 1. The summed E-state index contributed by atoms with van der Waals surface area (Å²) >= 11 is 5.95. The van der Waals surface area contributed by atoms with E-state index in [2.05, 4.69) is 0 Å². The van der Waals surface area contributed by atoms with Crippen LogP contribution in [-0.4, -0.2) is 16.7 Å². The van der Waals surface area contributed by atoms with Gasteiger partial charge in [-0.3, -0.25) is 19.7 Å². The molecule has 128 valence electrons. The van der Waals surface area contributed by atoms with E-state index in [0.29, 0.717) is 10.6 Å². The van der Waals surface area contributed by atoms with Gasteiger partial charge in [0.2, 0.25) is 0 Å². The molecule has 0 fully saturated rings. The van der Waals surface area contributed by atoms with Crippen molar-refractivity contribution in [2.45, 2.75) is 13.0 Å². The summed E-state index contributed by atoms with van der Waals surface area (Å²) in [5, 5.41) is 11.4. The van der Waals surface area contributed by atoms with Crippen molar-refractivity contribution in [2.75, 3.05) is 0 Å². The Labute approximate surface area is 148 Å². The first-order chi connectivity index (χ1) is 12.0. The van der Waals surface area contributed by atoms with E-state index >= 15 is 0 Å². The molecule has 0 N–H and O–H groups in total. The second kappa shape index (κ2) is 8.75. The van der Waals surface area contributed by atoms with E-state index < -0.39 is 23.1 Å². The van der Waals surface area contributed by atoms with Gasteiger partial charge in [-0.1, -0.05) is 41.9 Å². The number of nitro benzene ring substituents is 1. The molecule has 0 saturated carbocycles. The molecule has 0 amide bonds. The van der Waals surface area contributed by atoms with E-state index in [1.54, 1.807) is 30.3 Å². The van der Waals surface area contributed by atoms with E-state index in [4.69, 9.17) is 16.3 Å². The molecule has 0 unspecified atom stereocenters. The number of ether oxygens (including phenoxy) is 1. The van der Waals surface area contributed by atoms with Gasteiger partial charge in [-0.2, -0.15) is 0 Å². The molecule has 0 atom stereocenters. The van der Waals surface area contributed by atoms with Crippen LogP contribution in [0.5, 0.6) is 0 Å². The Morgan fingerprint density at radius 3 is 2.52 bits per heavy atom. The van der Waals surface area contributed by atoms with Crippen LogP contribution < -0.4 is 0 Å². The first-order valence-corrected chi connectivity index (χ1v) is 7.68. The molecule has 0 heterocycles. The molecule has 0 aliphatic rings. The number of carbonyl (C=O) groups is 2. The van der Waals surface area contributed by atoms with Crippen LogP contribution in [0.3, 0.4) is 0 Å². The summed E-state index contributed by atoms with van der Waals surface area (Å²) < 4.78 is 5.01. The Balaban J connectivity index is 1.91. The van der Waals surface area contributed by atoms with Crippen LogP contribution in [0.15, 0.2) is 54.6 Å². The van der Waals surface area contributed by atoms with Crippen molar-refractivity contribution in [3.63, 3.8) is 0 Å². The van der Waals surface area contributed by atoms with Crippen LogP contribution in [0.1, 0.15) is 17.5 Å². The second-order valence-corrected chi connectivity index (χ2v) is 5.45. The zero-order valence-corrected chi connectivity index (χ0v) is 13.8. The number of esters is 1. The first kappa shape index (κ1) is 18.4. The third kappa shape index (κ3) is 5.54. The number of allylic oxidation sites excluding steroid dienone is 1. The largest absolute Gasteiger partial charge is 0.460 e. The Bertz CT molecular complexity index is 832. The smallest absolute Gasteiger partial charge is 0.314 e. The van der Waals surface area contributed by atoms with Crippen molar-refractivity contribution in [3.8, 4) is 0 Å². The van der Waals surface area contributed by atoms with E-state index in [9.17, 15) is 19.7 Å². The molecule has 25 heavy (non-hydrogen) atoms. The predicted molar refractivity (Wildman–Crippen MR) is 93.0 cm³/mol. The second-order valence-electron chi connectivity index (χ2n) is 5.04. The zero-order valence-electron chi connectivity index (χ0n) is 13.1. The molecule has 2 aromatic carbocycles. The molecular weight excluding hydrogens is 346 g/mol. The lowest BCUT2D eigenvalue weighted by atomic mass is 10.1. The van der Waals surface area contributed by atoms with Gasteiger partial charge < -0.3 is 4.74 Å². The molecule has 0 bridgehead atoms. The average molecular weight is 360 g/mol. The highest BCUT2D eigenvalue weighted by Gasteiger charge is 2.12. The fourth-order valence-electron chi connectivity index (χ4n) is 2.00. The highest BCUT2D eigenvalue weighted by atomic mass is 35.5. The van der Waals surface area contributed by atoms with Crippen molar-refractivity contribution in [3.05, 3.63) is 80.9 Å². The number of rotatable bonds is 7. The lowest BCUT2D eigenvalue weighted by Crippen LogP contribution is -2.09. The molecule has 2 aromatic rings. The number of halogens is 1. The normalized spacial score (nSPS) is 10.6. The van der Waals surface area contributed by atoms with Crippen LogP contribution in [0.2, 0.25) is 5.02 Å². The van der Waals surface area contributed by atoms with Gasteiger partial charge in [0.05, 0.1) is 10.5 Å². The fraction of sp³-hybridized carbons (Fsp3) is 0.111. The van der Waals surface area contributed by atoms with Crippen LogP contribution in [0.4, 0.5) is 5.69 Å². The third-order valence-electron chi connectivity index (χ3n) is 3.25. The minimum absolute atomic E-state index is 0.0281. The van der Waals surface area contributed by atoms with Crippen molar-refractivity contribution in [1.29, 1.82) is 0 Å². The maximum atomic E-state index is 11.8. The number of hydrogen-bond acceptors (Lipinski definition) is 5. The highest BCUT2D eigenvalue weighted by molar-refractivity contribution is 6.31. The third-order valence-corrected chi connectivity index (χ3v) is 3.62. The molecule has 0 aromatic heterocycles. The molecule has 0 aliphatic heterocycles. The standard InChI is InChI=1S/C18H14ClNO5/c19-16-7-3-1-6-14(16)12-25-18(22)11-15(21)10-9-13-5-2-4-8-17(13)20(23)24/h1-10H,11-12H2. The van der Waals surface area contributed by atoms with E-state index in [-0.39, 0.29) is 17.9 Å². The Morgan fingerprint density at radius 2 is 1.80 bits per heavy atom. The minimum Gasteiger partial charge on any atom is -0.460 e. The van der Waals surface area contributed by atoms with Crippen LogP contribution >= 0.6 is 11.6 Å². The van der Waals surface area contributed by atoms with Crippen LogP contribution in [0.25, 0.3) is 6.08 Å². The summed E-state index contributed by atoms with van der Waals surface area (Å²) in [6.45, 7) is -0.0281. The maximum Gasteiger partial charge on any atom is 0.314 e. The Morgan fingerprint density at radius 1 is 1.12 bits per heavy atom. The lowest BCUT2D eigenvalue weighted by molar-refractivity contribution is -0.385. The summed E-state index contributed by atoms with van der Waals surface area (Å²) in [6.07, 6.45) is 1.97. The van der Waals surface area contributed by atoms with Gasteiger partial charge >= 0.3 is 5.97 Å². The summed E-state index contributed by atoms with van der Waals surface area (Å²) in [7, 11) is 0. The van der Waals surface area contributed by atoms with Crippen molar-refractivity contribution in [2.24, 2.45) is 0 Å². The van der Waals surface area contributed by atoms with Crippen LogP contribution in [-0.2, 0) is 20.9 Å². The molecule has 0 spiro atoms. The number of para-hydroxylation sites is 1. The van der Waals surface area contributed by atoms with Crippen LogP contribution in [0, 0.1) is 10.1 Å². The molecular formula is C18H14ClNO5. The fourth-order valence-corrected chi connectivity index (χ4v) is 2.19. The van der Waals surface area contributed by atoms with Gasteiger partial charge in [0.15, 0.2) is 5.78 Å². The van der Waals surface area contributed by atoms with Gasteiger partial charge in [-0.05, 0) is 24.3 Å². The molecule has 0 aliphatic carbocycles. The number of nitrogens with zero attached hydrogens (tertiary/aromatic N) is 1. The topological polar surface area (TPSA) is 86.5 Å². The number of benzene rings is 2. The number of nitro groups is 1. The number of hydrogen-bond donors (Lipinski definition) is 0. The first-order valence-electron chi connectivity index (χ1n) is 7.30. The maximum absolute atomic E-state index is 11.8. The predicted octanol–water partition coefficient (Wildman–Crippen LogP) is 3.96. The lowest BCUT2D eigenvalue weighted by Gasteiger charge is -2.05. The average Bonchev–Trinajstić information content (AvgIpc) is 2.59. The van der Waals surface area contributed by atoms with E-state index in [1.165, 1.54) is 24.3 Å². The molecule has 0 radical (unpaired) electrons. The van der Waals surface area contributed by atoms with Gasteiger partial charge in [0, 0.05) is 16.7 Å². The monoisotopic (exact) mass is 359 g/mol. The quantitative estimate of drug-likeness (QED) is 0.245. The summed E-state index contributed by atoms with van der Waals surface area (Å²) in [5.41, 5.74) is 0.804. The summed E-state index contributed by atoms with van der Waals surface area (Å²) in [4.78, 5) is 33.9. The Kier molecular flexibility index (Phi) is 6.42. The molecule has 2 rings (SSSR count). The summed E-state index contributed by atoms with van der Waals surface area (Å²) in [6, 6.07) is 12.9. The van der Waals surface area contributed by atoms with Gasteiger partial charge in [-0.25, -0.2) is 0 Å². The highest BCUT2D eigenvalue weighted by Crippen LogP contribution is 2.19.